The Labute approximate surface area is 203 Å². The Balaban J connectivity index is 1.56. The first-order chi connectivity index (χ1) is 16.8. The van der Waals surface area contributed by atoms with Gasteiger partial charge in [0.25, 0.3) is 0 Å². The van der Waals surface area contributed by atoms with E-state index in [1.165, 1.54) is 0 Å². The highest BCUT2D eigenvalue weighted by Gasteiger charge is 2.23. The highest BCUT2D eigenvalue weighted by molar-refractivity contribution is 7.92. The van der Waals surface area contributed by atoms with Crippen molar-refractivity contribution in [1.29, 1.82) is 0 Å². The summed E-state index contributed by atoms with van der Waals surface area (Å²) in [5.74, 6) is 1.38. The summed E-state index contributed by atoms with van der Waals surface area (Å²) in [7, 11) is -3.52. The van der Waals surface area contributed by atoms with Crippen molar-refractivity contribution >= 4 is 44.1 Å². The number of anilines is 4. The zero-order chi connectivity index (χ0) is 24.6. The molecule has 10 nitrogen and oxygen atoms in total. The summed E-state index contributed by atoms with van der Waals surface area (Å²) in [6.07, 6.45) is 3.66. The number of hydrogen-bond acceptors (Lipinski definition) is 9. The lowest BCUT2D eigenvalue weighted by molar-refractivity contribution is 0.122. The van der Waals surface area contributed by atoms with Crippen LogP contribution in [0.15, 0.2) is 59.8 Å². The van der Waals surface area contributed by atoms with Crippen molar-refractivity contribution in [2.45, 2.75) is 24.0 Å². The van der Waals surface area contributed by atoms with E-state index < -0.39 is 15.1 Å². The number of rotatable bonds is 6. The molecular weight excluding hydrogens is 466 g/mol. The zero-order valence-electron chi connectivity index (χ0n) is 19.5. The van der Waals surface area contributed by atoms with E-state index in [9.17, 15) is 8.42 Å². The molecule has 35 heavy (non-hydrogen) atoms. The van der Waals surface area contributed by atoms with Gasteiger partial charge >= 0.3 is 0 Å². The van der Waals surface area contributed by atoms with Crippen molar-refractivity contribution in [1.82, 2.24) is 19.5 Å². The normalized spacial score (nSPS) is 14.5. The van der Waals surface area contributed by atoms with Gasteiger partial charge in [-0.2, -0.15) is 4.98 Å². The topological polar surface area (TPSA) is 128 Å². The van der Waals surface area contributed by atoms with E-state index >= 15 is 0 Å². The van der Waals surface area contributed by atoms with Gasteiger partial charge in [0, 0.05) is 19.3 Å². The lowest BCUT2D eigenvalue weighted by Gasteiger charge is -2.27. The number of nitrogens with two attached hydrogens (primary N) is 1. The van der Waals surface area contributed by atoms with Gasteiger partial charge in [-0.3, -0.25) is 0 Å². The third-order valence-electron chi connectivity index (χ3n) is 5.96. The number of aromatic nitrogens is 4. The fourth-order valence-corrected chi connectivity index (χ4v) is 5.27. The number of benzene rings is 1. The molecule has 1 aromatic carbocycles. The minimum absolute atomic E-state index is 0.0859. The van der Waals surface area contributed by atoms with E-state index in [-0.39, 0.29) is 10.8 Å². The highest BCUT2D eigenvalue weighted by Crippen LogP contribution is 2.32. The molecule has 3 aromatic heterocycles. The summed E-state index contributed by atoms with van der Waals surface area (Å²) >= 11 is 0. The molecular formula is C24H27N7O3S. The molecule has 0 atom stereocenters. The van der Waals surface area contributed by atoms with Crippen molar-refractivity contribution < 1.29 is 13.2 Å². The number of nitrogen functional groups attached to an aromatic ring is 1. The van der Waals surface area contributed by atoms with Crippen molar-refractivity contribution in [3.63, 3.8) is 0 Å². The quantitative estimate of drug-likeness (QED) is 0.416. The Hall–Kier alpha value is -3.70. The van der Waals surface area contributed by atoms with Gasteiger partial charge in [-0.05, 0) is 44.2 Å². The van der Waals surface area contributed by atoms with Gasteiger partial charge in [-0.1, -0.05) is 12.1 Å². The molecule has 182 valence electrons. The second-order valence-corrected chi connectivity index (χ2v) is 11.0. The molecule has 1 saturated heterocycles. The maximum absolute atomic E-state index is 13.0. The molecule has 3 N–H and O–H groups in total. The average Bonchev–Trinajstić information content (AvgIpc) is 3.29. The number of nitrogens with zero attached hydrogens (tertiary/aromatic N) is 5. The second-order valence-electron chi connectivity index (χ2n) is 8.54. The molecule has 1 aliphatic heterocycles. The van der Waals surface area contributed by atoms with Gasteiger partial charge in [0.2, 0.25) is 5.95 Å². The van der Waals surface area contributed by atoms with Crippen LogP contribution < -0.4 is 16.0 Å². The second kappa shape index (κ2) is 9.16. The number of ether oxygens (including phenoxy) is 1. The van der Waals surface area contributed by atoms with Crippen LogP contribution in [-0.2, 0) is 14.6 Å². The van der Waals surface area contributed by atoms with Crippen LogP contribution in [0.2, 0.25) is 0 Å². The Morgan fingerprint density at radius 3 is 2.54 bits per heavy atom. The Bertz CT molecular complexity index is 1460. The Morgan fingerprint density at radius 1 is 1.06 bits per heavy atom. The molecule has 0 radical (unpaired) electrons. The maximum atomic E-state index is 13.0. The van der Waals surface area contributed by atoms with Crippen molar-refractivity contribution in [2.24, 2.45) is 0 Å². The largest absolute Gasteiger partial charge is 0.378 e. The number of sulfone groups is 1. The standard InChI is InChI=1S/C24H27N7O3S/c1-16(2)35(32,33)20-6-4-3-5-18(20)27-23-22-19(28-24(25)29-23)9-10-31(22)17-7-8-21(26-15-17)30-11-13-34-14-12-30/h3-10,15-16H,11-14H2,1-2H3,(H3,25,27,28,29). The summed E-state index contributed by atoms with van der Waals surface area (Å²) in [6.45, 7) is 6.30. The Morgan fingerprint density at radius 2 is 1.83 bits per heavy atom. The fourth-order valence-electron chi connectivity index (χ4n) is 4.07. The third kappa shape index (κ3) is 4.40. The van der Waals surface area contributed by atoms with E-state index in [0.717, 1.165) is 24.6 Å². The van der Waals surface area contributed by atoms with Gasteiger partial charge in [0.15, 0.2) is 15.7 Å². The summed E-state index contributed by atoms with van der Waals surface area (Å²) in [5.41, 5.74) is 8.51. The molecule has 0 spiro atoms. The van der Waals surface area contributed by atoms with Gasteiger partial charge in [0.1, 0.15) is 11.3 Å². The van der Waals surface area contributed by atoms with Crippen molar-refractivity contribution in [3.05, 3.63) is 54.9 Å². The molecule has 0 aliphatic carbocycles. The smallest absolute Gasteiger partial charge is 0.222 e. The molecule has 11 heteroatoms. The number of fused-ring (bicyclic) bond motifs is 1. The first-order valence-electron chi connectivity index (χ1n) is 11.4. The highest BCUT2D eigenvalue weighted by atomic mass is 32.2. The number of morpholine rings is 1. The minimum atomic E-state index is -3.52. The number of hydrogen-bond donors (Lipinski definition) is 2. The molecule has 0 bridgehead atoms. The number of pyridine rings is 1. The first kappa shape index (κ1) is 23.1. The van der Waals surface area contributed by atoms with Gasteiger partial charge < -0.3 is 25.3 Å². The average molecular weight is 494 g/mol. The third-order valence-corrected chi connectivity index (χ3v) is 8.17. The van der Waals surface area contributed by atoms with Crippen LogP contribution in [0, 0.1) is 0 Å². The molecule has 1 aliphatic rings. The molecule has 5 rings (SSSR count). The predicted molar refractivity (Wildman–Crippen MR) is 136 cm³/mol. The molecule has 0 saturated carbocycles. The summed E-state index contributed by atoms with van der Waals surface area (Å²) in [6, 6.07) is 12.6. The zero-order valence-corrected chi connectivity index (χ0v) is 20.4. The van der Waals surface area contributed by atoms with Crippen LogP contribution in [0.3, 0.4) is 0 Å². The van der Waals surface area contributed by atoms with Gasteiger partial charge in [-0.25, -0.2) is 18.4 Å². The lowest BCUT2D eigenvalue weighted by atomic mass is 10.3. The molecule has 4 aromatic rings. The summed E-state index contributed by atoms with van der Waals surface area (Å²) in [4.78, 5) is 15.8. The van der Waals surface area contributed by atoms with E-state index in [4.69, 9.17) is 10.5 Å². The molecule has 1 fully saturated rings. The summed E-state index contributed by atoms with van der Waals surface area (Å²) in [5, 5.41) is 2.63. The monoisotopic (exact) mass is 493 g/mol. The SMILES string of the molecule is CC(C)S(=O)(=O)c1ccccc1Nc1nc(N)nc2ccn(-c3ccc(N4CCOCC4)nc3)c12. The minimum Gasteiger partial charge on any atom is -0.378 e. The van der Waals surface area contributed by atoms with E-state index in [2.05, 4.69) is 25.2 Å². The maximum Gasteiger partial charge on any atom is 0.222 e. The summed E-state index contributed by atoms with van der Waals surface area (Å²) < 4.78 is 33.2. The predicted octanol–water partition coefficient (Wildman–Crippen LogP) is 3.16. The van der Waals surface area contributed by atoms with Gasteiger partial charge in [-0.15, -0.1) is 0 Å². The molecule has 4 heterocycles. The van der Waals surface area contributed by atoms with E-state index in [0.29, 0.717) is 35.8 Å². The van der Waals surface area contributed by atoms with Crippen LogP contribution in [0.25, 0.3) is 16.7 Å². The molecule has 0 amide bonds. The number of nitrogens with one attached hydrogen (secondary N) is 1. The van der Waals surface area contributed by atoms with Crippen molar-refractivity contribution in [3.8, 4) is 5.69 Å². The first-order valence-corrected chi connectivity index (χ1v) is 12.9. The number of para-hydroxylation sites is 1. The van der Waals surface area contributed by atoms with Crippen LogP contribution in [0.1, 0.15) is 13.8 Å². The van der Waals surface area contributed by atoms with E-state index in [1.54, 1.807) is 44.3 Å². The van der Waals surface area contributed by atoms with Crippen molar-refractivity contribution in [2.75, 3.05) is 42.3 Å². The van der Waals surface area contributed by atoms with Crippen LogP contribution in [0.4, 0.5) is 23.3 Å². The van der Waals surface area contributed by atoms with Crippen LogP contribution in [-0.4, -0.2) is 59.5 Å². The Kier molecular flexibility index (Phi) is 6.03. The van der Waals surface area contributed by atoms with Gasteiger partial charge in [0.05, 0.1) is 46.4 Å². The molecule has 0 unspecified atom stereocenters. The van der Waals surface area contributed by atoms with Crippen LogP contribution in [0.5, 0.6) is 0 Å². The lowest BCUT2D eigenvalue weighted by Crippen LogP contribution is -2.36. The van der Waals surface area contributed by atoms with E-state index in [1.807, 2.05) is 29.0 Å². The fraction of sp³-hybridized carbons (Fsp3) is 0.292. The van der Waals surface area contributed by atoms with Crippen LogP contribution >= 0.6 is 0 Å².